The van der Waals surface area contributed by atoms with E-state index < -0.39 is 40.3 Å². The summed E-state index contributed by atoms with van der Waals surface area (Å²) in [6.07, 6.45) is -1.34. The Balaban J connectivity index is 1.96. The second-order valence-corrected chi connectivity index (χ2v) is 6.98. The molecular weight excluding hydrogens is 377 g/mol. The van der Waals surface area contributed by atoms with Gasteiger partial charge in [-0.25, -0.2) is 0 Å². The predicted molar refractivity (Wildman–Crippen MR) is 89.8 cm³/mol. The maximum absolute atomic E-state index is 13.3. The van der Waals surface area contributed by atoms with Crippen molar-refractivity contribution in [3.05, 3.63) is 52.6 Å². The first-order chi connectivity index (χ1) is 13.1. The van der Waals surface area contributed by atoms with Crippen LogP contribution in [0.1, 0.15) is 35.6 Å². The molecule has 3 N–H and O–H groups in total. The Morgan fingerprint density at radius 2 is 1.86 bits per heavy atom. The summed E-state index contributed by atoms with van der Waals surface area (Å²) in [7, 11) is 0. The van der Waals surface area contributed by atoms with Crippen molar-refractivity contribution in [3.8, 4) is 23.5 Å². The van der Waals surface area contributed by atoms with Gasteiger partial charge in [0, 0.05) is 13.0 Å². The van der Waals surface area contributed by atoms with E-state index in [1.54, 1.807) is 19.1 Å². The monoisotopic (exact) mass is 392 g/mol. The van der Waals surface area contributed by atoms with E-state index in [0.717, 1.165) is 10.6 Å². The Labute approximate surface area is 157 Å². The van der Waals surface area contributed by atoms with Gasteiger partial charge in [-0.2, -0.15) is 18.4 Å². The summed E-state index contributed by atoms with van der Waals surface area (Å²) in [6.45, 7) is 1.39. The Kier molecular flexibility index (Phi) is 3.63. The molecule has 0 saturated heterocycles. The molecule has 28 heavy (non-hydrogen) atoms. The molecule has 6 nitrogen and oxygen atoms in total. The van der Waals surface area contributed by atoms with Crippen molar-refractivity contribution >= 4 is 0 Å². The summed E-state index contributed by atoms with van der Waals surface area (Å²) in [5.41, 5.74) is -3.71. The van der Waals surface area contributed by atoms with Crippen molar-refractivity contribution in [1.29, 1.82) is 5.26 Å². The molecule has 0 unspecified atom stereocenters. The maximum atomic E-state index is 13.3. The molecule has 4 rings (SSSR count). The highest BCUT2D eigenvalue weighted by Crippen LogP contribution is 2.62. The molecule has 9 heteroatoms. The fraction of sp³-hybridized carbons (Fsp3) is 0.316. The van der Waals surface area contributed by atoms with Crippen LogP contribution in [0.4, 0.5) is 13.2 Å². The number of nitrogens with zero attached hydrogens (tertiary/aromatic N) is 2. The summed E-state index contributed by atoms with van der Waals surface area (Å²) in [6, 6.07) is 4.38. The van der Waals surface area contributed by atoms with E-state index >= 15 is 0 Å². The number of hydrogen-bond donors (Lipinski definition) is 3. The van der Waals surface area contributed by atoms with Gasteiger partial charge < -0.3 is 20.1 Å². The lowest BCUT2D eigenvalue weighted by molar-refractivity contribution is -0.137. The quantitative estimate of drug-likeness (QED) is 0.697. The zero-order valence-corrected chi connectivity index (χ0v) is 14.6. The average molecular weight is 392 g/mol. The Bertz CT molecular complexity index is 1070. The molecule has 0 radical (unpaired) electrons. The summed E-state index contributed by atoms with van der Waals surface area (Å²) >= 11 is 0. The highest BCUT2D eigenvalue weighted by atomic mass is 19.4. The maximum Gasteiger partial charge on any atom is 0.417 e. The number of alkyl halides is 3. The van der Waals surface area contributed by atoms with Crippen molar-refractivity contribution < 1.29 is 33.2 Å². The number of aromatic hydroxyl groups is 2. The molecule has 1 aromatic heterocycles. The fourth-order valence-electron chi connectivity index (χ4n) is 4.10. The van der Waals surface area contributed by atoms with Crippen LogP contribution < -0.4 is 0 Å². The minimum Gasteiger partial charge on any atom is -0.494 e. The molecule has 0 spiro atoms. The molecule has 0 amide bonds. The van der Waals surface area contributed by atoms with E-state index in [4.69, 9.17) is 10.00 Å². The number of fused-ring (bicyclic) bond motifs is 5. The van der Waals surface area contributed by atoms with Crippen LogP contribution in [0.5, 0.6) is 11.8 Å². The molecule has 146 valence electrons. The Morgan fingerprint density at radius 1 is 1.18 bits per heavy atom. The van der Waals surface area contributed by atoms with Crippen molar-refractivity contribution in [1.82, 2.24) is 4.57 Å². The SMILES string of the molecule is C[C@]12C=C[C@](CCO)(O1)c1c2c(O)n(-c2ccc(C#N)c(C(F)(F)F)c2)c1O. The number of benzene rings is 1. The van der Waals surface area contributed by atoms with Crippen molar-refractivity contribution in [3.63, 3.8) is 0 Å². The second-order valence-electron chi connectivity index (χ2n) is 6.98. The first kappa shape index (κ1) is 18.4. The number of halogens is 3. The summed E-state index contributed by atoms with van der Waals surface area (Å²) in [5.74, 6) is -0.941. The lowest BCUT2D eigenvalue weighted by Gasteiger charge is -2.24. The van der Waals surface area contributed by atoms with Gasteiger partial charge in [-0.15, -0.1) is 0 Å². The zero-order valence-electron chi connectivity index (χ0n) is 14.6. The lowest BCUT2D eigenvalue weighted by atomic mass is 9.83. The van der Waals surface area contributed by atoms with Gasteiger partial charge in [0.1, 0.15) is 11.2 Å². The van der Waals surface area contributed by atoms with Crippen molar-refractivity contribution in [2.24, 2.45) is 0 Å². The van der Waals surface area contributed by atoms with E-state index in [9.17, 15) is 28.5 Å². The summed E-state index contributed by atoms with van der Waals surface area (Å²) in [4.78, 5) is 0. The predicted octanol–water partition coefficient (Wildman–Crippen LogP) is 3.17. The molecule has 2 aromatic rings. The van der Waals surface area contributed by atoms with E-state index in [1.807, 2.05) is 0 Å². The Hall–Kier alpha value is -2.96. The van der Waals surface area contributed by atoms with Gasteiger partial charge in [0.25, 0.3) is 0 Å². The topological polar surface area (TPSA) is 98.6 Å². The van der Waals surface area contributed by atoms with Gasteiger partial charge in [-0.1, -0.05) is 0 Å². The van der Waals surface area contributed by atoms with Crippen LogP contribution in [-0.2, 0) is 22.1 Å². The minimum absolute atomic E-state index is 0.101. The van der Waals surface area contributed by atoms with Crippen LogP contribution >= 0.6 is 0 Å². The molecule has 1 aromatic carbocycles. The number of hydrogen-bond acceptors (Lipinski definition) is 5. The molecule has 2 bridgehead atoms. The van der Waals surface area contributed by atoms with Gasteiger partial charge >= 0.3 is 6.18 Å². The van der Waals surface area contributed by atoms with Crippen LogP contribution in [0.25, 0.3) is 5.69 Å². The molecule has 0 fully saturated rings. The van der Waals surface area contributed by atoms with Crippen LogP contribution in [0.15, 0.2) is 30.4 Å². The van der Waals surface area contributed by atoms with Crippen LogP contribution in [0.2, 0.25) is 0 Å². The van der Waals surface area contributed by atoms with E-state index in [-0.39, 0.29) is 29.8 Å². The number of ether oxygens (including phenoxy) is 1. The number of rotatable bonds is 3. The lowest BCUT2D eigenvalue weighted by Crippen LogP contribution is -2.24. The highest BCUT2D eigenvalue weighted by molar-refractivity contribution is 5.64. The van der Waals surface area contributed by atoms with Crippen LogP contribution in [0.3, 0.4) is 0 Å². The van der Waals surface area contributed by atoms with Crippen LogP contribution in [0, 0.1) is 11.3 Å². The van der Waals surface area contributed by atoms with Gasteiger partial charge in [0.2, 0.25) is 11.8 Å². The molecule has 3 heterocycles. The Morgan fingerprint density at radius 3 is 2.46 bits per heavy atom. The summed E-state index contributed by atoms with van der Waals surface area (Å²) < 4.78 is 46.7. The normalized spacial score (nSPS) is 25.1. The van der Waals surface area contributed by atoms with Crippen LogP contribution in [-0.4, -0.2) is 26.5 Å². The number of aliphatic hydroxyl groups excluding tert-OH is 1. The first-order valence-electron chi connectivity index (χ1n) is 8.39. The van der Waals surface area contributed by atoms with Crippen molar-refractivity contribution in [2.45, 2.75) is 30.7 Å². The third-order valence-electron chi connectivity index (χ3n) is 5.28. The summed E-state index contributed by atoms with van der Waals surface area (Å²) in [5, 5.41) is 39.9. The van der Waals surface area contributed by atoms with Gasteiger partial charge in [-0.05, 0) is 37.3 Å². The van der Waals surface area contributed by atoms with Gasteiger partial charge in [0.15, 0.2) is 0 Å². The van der Waals surface area contributed by atoms with E-state index in [0.29, 0.717) is 6.07 Å². The molecule has 2 aliphatic rings. The standard InChI is InChI=1S/C19H15F3N2O4/c1-17-4-5-18(28-17,6-7-25)14-13(17)15(26)24(16(14)27)11-3-2-10(9-23)12(8-11)19(20,21)22/h2-5,8,25-27H,6-7H2,1H3/t17-,18-/m1/s1. The minimum atomic E-state index is -4.78. The largest absolute Gasteiger partial charge is 0.494 e. The number of aliphatic hydroxyl groups is 1. The van der Waals surface area contributed by atoms with E-state index in [2.05, 4.69) is 0 Å². The molecule has 2 atom stereocenters. The smallest absolute Gasteiger partial charge is 0.417 e. The third-order valence-corrected chi connectivity index (χ3v) is 5.28. The fourth-order valence-corrected chi connectivity index (χ4v) is 4.10. The average Bonchev–Trinajstić information content (AvgIpc) is 3.19. The first-order valence-corrected chi connectivity index (χ1v) is 8.39. The molecular formula is C19H15F3N2O4. The van der Waals surface area contributed by atoms with Gasteiger partial charge in [0.05, 0.1) is 34.0 Å². The van der Waals surface area contributed by atoms with E-state index in [1.165, 1.54) is 12.1 Å². The molecule has 2 aliphatic heterocycles. The molecule has 0 aliphatic carbocycles. The number of nitriles is 1. The second kappa shape index (κ2) is 5.53. The molecule has 0 saturated carbocycles. The van der Waals surface area contributed by atoms with Gasteiger partial charge in [-0.3, -0.25) is 4.57 Å². The zero-order chi connectivity index (χ0) is 20.5. The van der Waals surface area contributed by atoms with Crippen molar-refractivity contribution in [2.75, 3.05) is 6.61 Å². The number of aromatic nitrogens is 1. The highest BCUT2D eigenvalue weighted by Gasteiger charge is 2.58. The third kappa shape index (κ3) is 2.22.